The molecule has 0 radical (unpaired) electrons. The number of aryl methyl sites for hydroxylation is 2. The van der Waals surface area contributed by atoms with Crippen molar-refractivity contribution in [1.82, 2.24) is 5.32 Å². The van der Waals surface area contributed by atoms with E-state index in [1.807, 2.05) is 0 Å². The highest BCUT2D eigenvalue weighted by molar-refractivity contribution is 5.30. The Bertz CT molecular complexity index is 357. The van der Waals surface area contributed by atoms with E-state index in [2.05, 4.69) is 43.3 Å². The lowest BCUT2D eigenvalue weighted by Gasteiger charge is -2.17. The van der Waals surface area contributed by atoms with Gasteiger partial charge in [-0.05, 0) is 19.4 Å². The molecule has 0 amide bonds. The fourth-order valence-electron chi connectivity index (χ4n) is 1.87. The molecule has 0 saturated heterocycles. The maximum Gasteiger partial charge on any atom is 0.0445 e. The van der Waals surface area contributed by atoms with Crippen LogP contribution in [0.2, 0.25) is 0 Å². The number of benzene rings is 1. The molecule has 1 aromatic rings. The van der Waals surface area contributed by atoms with Crippen LogP contribution in [0.25, 0.3) is 0 Å². The van der Waals surface area contributed by atoms with Crippen molar-refractivity contribution in [2.45, 2.75) is 26.3 Å². The molecule has 1 atom stereocenters. The molecule has 0 bridgehead atoms. The van der Waals surface area contributed by atoms with Gasteiger partial charge in [0.05, 0.1) is 0 Å². The van der Waals surface area contributed by atoms with Crippen molar-refractivity contribution in [2.24, 2.45) is 5.73 Å². The third-order valence-electron chi connectivity index (χ3n) is 2.54. The summed E-state index contributed by atoms with van der Waals surface area (Å²) in [6.07, 6.45) is 5.96. The molecule has 0 aromatic heterocycles. The van der Waals surface area contributed by atoms with Crippen LogP contribution in [0.1, 0.15) is 29.2 Å². The van der Waals surface area contributed by atoms with E-state index >= 15 is 0 Å². The topological polar surface area (TPSA) is 38.0 Å². The molecule has 1 rings (SSSR count). The van der Waals surface area contributed by atoms with E-state index in [1.165, 1.54) is 16.7 Å². The van der Waals surface area contributed by atoms with Gasteiger partial charge >= 0.3 is 0 Å². The minimum absolute atomic E-state index is 0.201. The second-order valence-electron chi connectivity index (χ2n) is 4.12. The third-order valence-corrected chi connectivity index (χ3v) is 2.54. The van der Waals surface area contributed by atoms with Gasteiger partial charge in [-0.2, -0.15) is 0 Å². The molecule has 16 heavy (non-hydrogen) atoms. The molecule has 0 aliphatic carbocycles. The Morgan fingerprint density at radius 2 is 1.94 bits per heavy atom. The van der Waals surface area contributed by atoms with Crippen LogP contribution in [-0.2, 0) is 0 Å². The Hall–Kier alpha value is -1.30. The Labute approximate surface area is 98.2 Å². The molecule has 0 saturated carbocycles. The summed E-state index contributed by atoms with van der Waals surface area (Å²) in [6, 6.07) is 6.71. The molecule has 2 heteroatoms. The lowest BCUT2D eigenvalue weighted by molar-refractivity contribution is 0.550. The lowest BCUT2D eigenvalue weighted by atomic mass is 10.0. The van der Waals surface area contributed by atoms with Gasteiger partial charge in [0, 0.05) is 25.6 Å². The average Bonchev–Trinajstić information content (AvgIpc) is 2.23. The van der Waals surface area contributed by atoms with E-state index in [0.29, 0.717) is 6.54 Å². The van der Waals surface area contributed by atoms with Crippen LogP contribution in [0.3, 0.4) is 0 Å². The fraction of sp³-hybridized carbons (Fsp3) is 0.429. The van der Waals surface area contributed by atoms with Gasteiger partial charge in [-0.3, -0.25) is 0 Å². The number of nitrogens with two attached hydrogens (primary N) is 1. The molecule has 0 spiro atoms. The Morgan fingerprint density at radius 3 is 2.44 bits per heavy atom. The SMILES string of the molecule is C#CCCNC(CN)c1cc(C)cc(C)c1. The number of nitrogens with one attached hydrogen (secondary N) is 1. The first-order valence-corrected chi connectivity index (χ1v) is 5.62. The zero-order valence-electron chi connectivity index (χ0n) is 10.1. The van der Waals surface area contributed by atoms with Gasteiger partial charge < -0.3 is 11.1 Å². The van der Waals surface area contributed by atoms with Crippen LogP contribution in [0.5, 0.6) is 0 Å². The summed E-state index contributed by atoms with van der Waals surface area (Å²) in [5, 5.41) is 3.37. The molecule has 1 aromatic carbocycles. The van der Waals surface area contributed by atoms with Crippen LogP contribution < -0.4 is 11.1 Å². The minimum atomic E-state index is 0.201. The van der Waals surface area contributed by atoms with E-state index in [1.54, 1.807) is 0 Å². The van der Waals surface area contributed by atoms with Gasteiger partial charge in [0.15, 0.2) is 0 Å². The first kappa shape index (κ1) is 12.8. The quantitative estimate of drug-likeness (QED) is 0.583. The first-order chi connectivity index (χ1) is 7.67. The van der Waals surface area contributed by atoms with Crippen LogP contribution in [-0.4, -0.2) is 13.1 Å². The highest BCUT2D eigenvalue weighted by atomic mass is 14.9. The van der Waals surface area contributed by atoms with Crippen LogP contribution in [0.4, 0.5) is 0 Å². The monoisotopic (exact) mass is 216 g/mol. The van der Waals surface area contributed by atoms with Crippen molar-refractivity contribution in [1.29, 1.82) is 0 Å². The number of hydrogen-bond acceptors (Lipinski definition) is 2. The second kappa shape index (κ2) is 6.32. The van der Waals surface area contributed by atoms with E-state index in [0.717, 1.165) is 13.0 Å². The minimum Gasteiger partial charge on any atom is -0.329 e. The Balaban J connectivity index is 2.74. The zero-order chi connectivity index (χ0) is 12.0. The Kier molecular flexibility index (Phi) is 5.04. The zero-order valence-corrected chi connectivity index (χ0v) is 10.1. The van der Waals surface area contributed by atoms with Crippen LogP contribution in [0.15, 0.2) is 18.2 Å². The van der Waals surface area contributed by atoms with Crippen molar-refractivity contribution < 1.29 is 0 Å². The lowest BCUT2D eigenvalue weighted by Crippen LogP contribution is -2.29. The maximum atomic E-state index is 5.77. The van der Waals surface area contributed by atoms with Crippen molar-refractivity contribution in [3.05, 3.63) is 34.9 Å². The second-order valence-corrected chi connectivity index (χ2v) is 4.12. The standard InChI is InChI=1S/C14H20N2/c1-4-5-6-16-14(10-15)13-8-11(2)7-12(3)9-13/h1,7-9,14,16H,5-6,10,15H2,2-3H3. The van der Waals surface area contributed by atoms with E-state index < -0.39 is 0 Å². The van der Waals surface area contributed by atoms with Crippen molar-refractivity contribution in [3.63, 3.8) is 0 Å². The predicted octanol–water partition coefficient (Wildman–Crippen LogP) is 1.92. The van der Waals surface area contributed by atoms with Crippen LogP contribution >= 0.6 is 0 Å². The van der Waals surface area contributed by atoms with Gasteiger partial charge in [-0.1, -0.05) is 29.3 Å². The highest BCUT2D eigenvalue weighted by Gasteiger charge is 2.08. The average molecular weight is 216 g/mol. The number of hydrogen-bond donors (Lipinski definition) is 2. The molecule has 0 heterocycles. The summed E-state index contributed by atoms with van der Waals surface area (Å²) in [5.41, 5.74) is 9.56. The number of terminal acetylenes is 1. The van der Waals surface area contributed by atoms with Gasteiger partial charge in [0.25, 0.3) is 0 Å². The first-order valence-electron chi connectivity index (χ1n) is 5.62. The fourth-order valence-corrected chi connectivity index (χ4v) is 1.87. The summed E-state index contributed by atoms with van der Waals surface area (Å²) < 4.78 is 0. The summed E-state index contributed by atoms with van der Waals surface area (Å²) >= 11 is 0. The maximum absolute atomic E-state index is 5.77. The summed E-state index contributed by atoms with van der Waals surface area (Å²) in [6.45, 7) is 5.61. The molecule has 2 nitrogen and oxygen atoms in total. The van der Waals surface area contributed by atoms with E-state index in [9.17, 15) is 0 Å². The molecule has 0 aliphatic rings. The normalized spacial score (nSPS) is 12.1. The molecule has 3 N–H and O–H groups in total. The summed E-state index contributed by atoms with van der Waals surface area (Å²) in [4.78, 5) is 0. The highest BCUT2D eigenvalue weighted by Crippen LogP contribution is 2.16. The third kappa shape index (κ3) is 3.69. The van der Waals surface area contributed by atoms with Crippen molar-refractivity contribution in [2.75, 3.05) is 13.1 Å². The van der Waals surface area contributed by atoms with E-state index in [4.69, 9.17) is 12.2 Å². The largest absolute Gasteiger partial charge is 0.329 e. The van der Waals surface area contributed by atoms with Gasteiger partial charge in [-0.15, -0.1) is 12.3 Å². The number of rotatable bonds is 5. The Morgan fingerprint density at radius 1 is 1.31 bits per heavy atom. The van der Waals surface area contributed by atoms with Gasteiger partial charge in [0.2, 0.25) is 0 Å². The molecule has 86 valence electrons. The molecular weight excluding hydrogens is 196 g/mol. The van der Waals surface area contributed by atoms with Crippen molar-refractivity contribution >= 4 is 0 Å². The van der Waals surface area contributed by atoms with Crippen LogP contribution in [0, 0.1) is 26.2 Å². The molecule has 0 aliphatic heterocycles. The van der Waals surface area contributed by atoms with Crippen molar-refractivity contribution in [3.8, 4) is 12.3 Å². The molecule has 1 unspecified atom stereocenters. The summed E-state index contributed by atoms with van der Waals surface area (Å²) in [7, 11) is 0. The van der Waals surface area contributed by atoms with Gasteiger partial charge in [-0.25, -0.2) is 0 Å². The smallest absolute Gasteiger partial charge is 0.0445 e. The van der Waals surface area contributed by atoms with Gasteiger partial charge in [0.1, 0.15) is 0 Å². The summed E-state index contributed by atoms with van der Waals surface area (Å²) in [5.74, 6) is 2.62. The molecular formula is C14H20N2. The molecule has 0 fully saturated rings. The predicted molar refractivity (Wildman–Crippen MR) is 69.2 cm³/mol. The van der Waals surface area contributed by atoms with E-state index in [-0.39, 0.29) is 6.04 Å².